The molecule has 0 bridgehead atoms. The highest BCUT2D eigenvalue weighted by Crippen LogP contribution is 2.20. The van der Waals surface area contributed by atoms with Crippen LogP contribution in [0.1, 0.15) is 20.8 Å². The number of aromatic amines is 1. The standard InChI is InChI=1S/C17H12ClNO3/c18-13-6-7-14-12(8-13)9-15(19-14)17(21)22-10-16(20)11-4-2-1-3-5-11/h1-9,19H,10H2. The summed E-state index contributed by atoms with van der Waals surface area (Å²) < 4.78 is 5.05. The van der Waals surface area contributed by atoms with Gasteiger partial charge in [0.2, 0.25) is 0 Å². The summed E-state index contributed by atoms with van der Waals surface area (Å²) in [5, 5.41) is 1.40. The third-order valence-corrected chi connectivity index (χ3v) is 3.47. The Morgan fingerprint density at radius 3 is 2.59 bits per heavy atom. The van der Waals surface area contributed by atoms with Gasteiger partial charge in [0.15, 0.2) is 12.4 Å². The van der Waals surface area contributed by atoms with Gasteiger partial charge in [-0.25, -0.2) is 4.79 Å². The van der Waals surface area contributed by atoms with Crippen LogP contribution in [0.3, 0.4) is 0 Å². The number of ketones is 1. The van der Waals surface area contributed by atoms with Crippen LogP contribution >= 0.6 is 11.6 Å². The van der Waals surface area contributed by atoms with E-state index in [4.69, 9.17) is 16.3 Å². The van der Waals surface area contributed by atoms with E-state index in [0.717, 1.165) is 10.9 Å². The van der Waals surface area contributed by atoms with Crippen molar-refractivity contribution in [1.29, 1.82) is 0 Å². The molecule has 1 heterocycles. The first kappa shape index (κ1) is 14.4. The molecule has 22 heavy (non-hydrogen) atoms. The van der Waals surface area contributed by atoms with Crippen LogP contribution < -0.4 is 0 Å². The minimum absolute atomic E-state index is 0.242. The lowest BCUT2D eigenvalue weighted by atomic mass is 10.1. The number of ether oxygens (including phenoxy) is 1. The van der Waals surface area contributed by atoms with Crippen molar-refractivity contribution in [3.63, 3.8) is 0 Å². The number of hydrogen-bond acceptors (Lipinski definition) is 3. The van der Waals surface area contributed by atoms with Gasteiger partial charge in [0.25, 0.3) is 0 Å². The van der Waals surface area contributed by atoms with E-state index in [1.165, 1.54) is 0 Å². The van der Waals surface area contributed by atoms with E-state index in [1.807, 2.05) is 6.07 Å². The topological polar surface area (TPSA) is 59.2 Å². The fraction of sp³-hybridized carbons (Fsp3) is 0.0588. The minimum Gasteiger partial charge on any atom is -0.453 e. The summed E-state index contributed by atoms with van der Waals surface area (Å²) in [5.74, 6) is -0.815. The first-order chi connectivity index (χ1) is 10.6. The molecule has 4 nitrogen and oxygen atoms in total. The Hall–Kier alpha value is -2.59. The molecule has 0 aliphatic heterocycles. The van der Waals surface area contributed by atoms with Crippen LogP contribution in [0.25, 0.3) is 10.9 Å². The average Bonchev–Trinajstić information content (AvgIpc) is 2.96. The van der Waals surface area contributed by atoms with E-state index in [9.17, 15) is 9.59 Å². The van der Waals surface area contributed by atoms with Crippen molar-refractivity contribution >= 4 is 34.3 Å². The lowest BCUT2D eigenvalue weighted by Gasteiger charge is -2.02. The maximum absolute atomic E-state index is 12.0. The molecule has 0 atom stereocenters. The van der Waals surface area contributed by atoms with Crippen molar-refractivity contribution in [1.82, 2.24) is 4.98 Å². The molecular formula is C17H12ClNO3. The molecule has 2 aromatic carbocycles. The van der Waals surface area contributed by atoms with Gasteiger partial charge in [-0.1, -0.05) is 41.9 Å². The van der Waals surface area contributed by atoms with Gasteiger partial charge in [0.05, 0.1) is 0 Å². The number of Topliss-reactive ketones (excluding diaryl/α,β-unsaturated/α-hetero) is 1. The van der Waals surface area contributed by atoms with Crippen molar-refractivity contribution in [3.8, 4) is 0 Å². The molecule has 1 N–H and O–H groups in total. The van der Waals surface area contributed by atoms with Gasteiger partial charge in [-0.05, 0) is 24.3 Å². The summed E-state index contributed by atoms with van der Waals surface area (Å²) in [7, 11) is 0. The number of nitrogens with one attached hydrogen (secondary N) is 1. The van der Waals surface area contributed by atoms with Crippen molar-refractivity contribution in [2.24, 2.45) is 0 Å². The van der Waals surface area contributed by atoms with Gasteiger partial charge in [-0.2, -0.15) is 0 Å². The van der Waals surface area contributed by atoms with Crippen molar-refractivity contribution in [3.05, 3.63) is 70.9 Å². The van der Waals surface area contributed by atoms with Gasteiger partial charge in [-0.15, -0.1) is 0 Å². The van der Waals surface area contributed by atoms with Crippen LogP contribution in [0.5, 0.6) is 0 Å². The van der Waals surface area contributed by atoms with E-state index < -0.39 is 5.97 Å². The number of rotatable bonds is 4. The number of hydrogen-bond donors (Lipinski definition) is 1. The molecule has 0 fully saturated rings. The van der Waals surface area contributed by atoms with Crippen molar-refractivity contribution in [2.75, 3.05) is 6.61 Å². The summed E-state index contributed by atoms with van der Waals surface area (Å²) in [4.78, 5) is 26.8. The second-order valence-electron chi connectivity index (χ2n) is 4.78. The zero-order valence-corrected chi connectivity index (χ0v) is 12.3. The SMILES string of the molecule is O=C(COC(=O)c1cc2cc(Cl)ccc2[nH]1)c1ccccc1. The van der Waals surface area contributed by atoms with Gasteiger partial charge in [-0.3, -0.25) is 4.79 Å². The number of aromatic nitrogens is 1. The molecule has 0 amide bonds. The normalized spacial score (nSPS) is 10.6. The van der Waals surface area contributed by atoms with Gasteiger partial charge in [0, 0.05) is 21.5 Å². The number of halogens is 1. The Morgan fingerprint density at radius 1 is 1.05 bits per heavy atom. The number of carbonyl (C=O) groups excluding carboxylic acids is 2. The smallest absolute Gasteiger partial charge is 0.355 e. The van der Waals surface area contributed by atoms with Crippen LogP contribution in [0.15, 0.2) is 54.6 Å². The van der Waals surface area contributed by atoms with E-state index >= 15 is 0 Å². The minimum atomic E-state index is -0.573. The van der Waals surface area contributed by atoms with Crippen molar-refractivity contribution in [2.45, 2.75) is 0 Å². The monoisotopic (exact) mass is 313 g/mol. The number of esters is 1. The molecule has 1 aromatic heterocycles. The summed E-state index contributed by atoms with van der Waals surface area (Å²) in [6.45, 7) is -0.293. The van der Waals surface area contributed by atoms with E-state index in [-0.39, 0.29) is 18.1 Å². The third-order valence-electron chi connectivity index (χ3n) is 3.23. The molecule has 0 saturated heterocycles. The predicted molar refractivity (Wildman–Crippen MR) is 84.4 cm³/mol. The molecule has 0 aliphatic carbocycles. The van der Waals surface area contributed by atoms with Crippen LogP contribution in [-0.2, 0) is 4.74 Å². The van der Waals surface area contributed by atoms with Gasteiger partial charge >= 0.3 is 5.97 Å². The first-order valence-electron chi connectivity index (χ1n) is 6.67. The van der Waals surface area contributed by atoms with Crippen LogP contribution in [0.2, 0.25) is 5.02 Å². The maximum atomic E-state index is 12.0. The number of benzene rings is 2. The van der Waals surface area contributed by atoms with Crippen molar-refractivity contribution < 1.29 is 14.3 Å². The number of carbonyl (C=O) groups is 2. The quantitative estimate of drug-likeness (QED) is 0.587. The summed E-state index contributed by atoms with van der Waals surface area (Å²) in [6, 6.07) is 15.6. The third kappa shape index (κ3) is 3.02. The zero-order valence-electron chi connectivity index (χ0n) is 11.5. The Morgan fingerprint density at radius 2 is 1.82 bits per heavy atom. The molecule has 5 heteroatoms. The molecule has 3 aromatic rings. The van der Waals surface area contributed by atoms with E-state index in [1.54, 1.807) is 48.5 Å². The second kappa shape index (κ2) is 6.03. The average molecular weight is 314 g/mol. The lowest BCUT2D eigenvalue weighted by Crippen LogP contribution is -2.14. The molecule has 3 rings (SSSR count). The number of H-pyrrole nitrogens is 1. The van der Waals surface area contributed by atoms with E-state index in [2.05, 4.69) is 4.98 Å². The second-order valence-corrected chi connectivity index (χ2v) is 5.22. The Balaban J connectivity index is 1.69. The molecule has 0 unspecified atom stereocenters. The summed E-state index contributed by atoms with van der Waals surface area (Å²) in [5.41, 5.74) is 1.59. The Bertz CT molecular complexity index is 839. The lowest BCUT2D eigenvalue weighted by molar-refractivity contribution is 0.0470. The summed E-state index contributed by atoms with van der Waals surface area (Å²) >= 11 is 5.90. The van der Waals surface area contributed by atoms with Gasteiger partial charge < -0.3 is 9.72 Å². The van der Waals surface area contributed by atoms with E-state index in [0.29, 0.717) is 10.6 Å². The number of fused-ring (bicyclic) bond motifs is 1. The molecule has 110 valence electrons. The fourth-order valence-electron chi connectivity index (χ4n) is 2.13. The van der Waals surface area contributed by atoms with Gasteiger partial charge in [0.1, 0.15) is 5.69 Å². The molecular weight excluding hydrogens is 302 g/mol. The predicted octanol–water partition coefficient (Wildman–Crippen LogP) is 3.86. The largest absolute Gasteiger partial charge is 0.453 e. The summed E-state index contributed by atoms with van der Waals surface area (Å²) in [6.07, 6.45) is 0. The molecule has 0 spiro atoms. The molecule has 0 aliphatic rings. The van der Waals surface area contributed by atoms with Crippen LogP contribution in [-0.4, -0.2) is 23.3 Å². The van der Waals surface area contributed by atoms with Crippen LogP contribution in [0.4, 0.5) is 0 Å². The van der Waals surface area contributed by atoms with Crippen LogP contribution in [0, 0.1) is 0 Å². The maximum Gasteiger partial charge on any atom is 0.355 e. The zero-order chi connectivity index (χ0) is 15.5. The highest BCUT2D eigenvalue weighted by molar-refractivity contribution is 6.31. The molecule has 0 radical (unpaired) electrons. The molecule has 0 saturated carbocycles. The highest BCUT2D eigenvalue weighted by Gasteiger charge is 2.14. The fourth-order valence-corrected chi connectivity index (χ4v) is 2.31. The Labute approximate surface area is 131 Å². The first-order valence-corrected chi connectivity index (χ1v) is 7.05. The highest BCUT2D eigenvalue weighted by atomic mass is 35.5. The Kier molecular flexibility index (Phi) is 3.94.